The number of nitrogens with zero attached hydrogens (tertiary/aromatic N) is 1. The van der Waals surface area contributed by atoms with Gasteiger partial charge in [-0.1, -0.05) is 6.92 Å². The molecule has 0 saturated heterocycles. The molecule has 1 atom stereocenters. The van der Waals surface area contributed by atoms with Gasteiger partial charge in [0, 0.05) is 25.2 Å². The highest BCUT2D eigenvalue weighted by Gasteiger charge is 2.33. The van der Waals surface area contributed by atoms with Crippen LogP contribution in [0.1, 0.15) is 32.3 Å². The average Bonchev–Trinajstić information content (AvgIpc) is 2.38. The van der Waals surface area contributed by atoms with Gasteiger partial charge in [0.1, 0.15) is 5.82 Å². The summed E-state index contributed by atoms with van der Waals surface area (Å²) in [5, 5.41) is 5.29. The second-order valence-electron chi connectivity index (χ2n) is 4.45. The van der Waals surface area contributed by atoms with Crippen LogP contribution in [0.4, 0.5) is 19.0 Å². The van der Waals surface area contributed by atoms with Crippen LogP contribution in [0, 0.1) is 0 Å². The number of carbonyl (C=O) groups excluding carboxylic acids is 1. The zero-order chi connectivity index (χ0) is 15.2. The van der Waals surface area contributed by atoms with Crippen molar-refractivity contribution in [2.45, 2.75) is 38.9 Å². The van der Waals surface area contributed by atoms with E-state index >= 15 is 0 Å². The molecule has 112 valence electrons. The van der Waals surface area contributed by atoms with Gasteiger partial charge in [0.05, 0.1) is 5.56 Å². The molecule has 0 radical (unpaired) electrons. The van der Waals surface area contributed by atoms with Crippen molar-refractivity contribution in [3.63, 3.8) is 0 Å². The predicted octanol–water partition coefficient (Wildman–Crippen LogP) is 2.82. The number of rotatable bonds is 6. The van der Waals surface area contributed by atoms with Crippen molar-refractivity contribution in [2.75, 3.05) is 11.9 Å². The molecule has 0 aliphatic heterocycles. The number of carbonyl (C=O) groups is 1. The van der Waals surface area contributed by atoms with E-state index < -0.39 is 11.7 Å². The van der Waals surface area contributed by atoms with Crippen LogP contribution >= 0.6 is 0 Å². The molecule has 0 aliphatic rings. The van der Waals surface area contributed by atoms with Crippen LogP contribution in [0.2, 0.25) is 0 Å². The summed E-state index contributed by atoms with van der Waals surface area (Å²) < 4.78 is 38.1. The summed E-state index contributed by atoms with van der Waals surface area (Å²) in [6.45, 7) is 3.90. The molecule has 0 aliphatic carbocycles. The third-order valence-corrected chi connectivity index (χ3v) is 2.78. The SMILES string of the molecule is CCC(C)NC(=O)CCNc1ncccc1C(F)(F)F. The number of hydrogen-bond acceptors (Lipinski definition) is 3. The zero-order valence-electron chi connectivity index (χ0n) is 11.4. The fraction of sp³-hybridized carbons (Fsp3) is 0.538. The van der Waals surface area contributed by atoms with Crippen molar-refractivity contribution in [1.29, 1.82) is 0 Å². The molecule has 1 aromatic rings. The Bertz CT molecular complexity index is 449. The lowest BCUT2D eigenvalue weighted by atomic mass is 10.2. The van der Waals surface area contributed by atoms with Crippen LogP contribution in [-0.4, -0.2) is 23.5 Å². The molecule has 7 heteroatoms. The van der Waals surface area contributed by atoms with Gasteiger partial charge in [-0.2, -0.15) is 13.2 Å². The minimum Gasteiger partial charge on any atom is -0.369 e. The van der Waals surface area contributed by atoms with Crippen molar-refractivity contribution in [2.24, 2.45) is 0 Å². The van der Waals surface area contributed by atoms with Gasteiger partial charge in [0.25, 0.3) is 0 Å². The first kappa shape index (κ1) is 16.3. The summed E-state index contributed by atoms with van der Waals surface area (Å²) in [4.78, 5) is 15.1. The summed E-state index contributed by atoms with van der Waals surface area (Å²) in [5.74, 6) is -0.451. The molecule has 0 saturated carbocycles. The molecule has 0 fully saturated rings. The Morgan fingerprint density at radius 1 is 1.45 bits per heavy atom. The zero-order valence-corrected chi connectivity index (χ0v) is 11.4. The van der Waals surface area contributed by atoms with E-state index in [2.05, 4.69) is 15.6 Å². The van der Waals surface area contributed by atoms with Crippen molar-refractivity contribution in [1.82, 2.24) is 10.3 Å². The van der Waals surface area contributed by atoms with Crippen LogP contribution in [0.5, 0.6) is 0 Å². The van der Waals surface area contributed by atoms with Crippen molar-refractivity contribution >= 4 is 11.7 Å². The topological polar surface area (TPSA) is 54.0 Å². The van der Waals surface area contributed by atoms with Crippen LogP contribution in [0.25, 0.3) is 0 Å². The molecule has 1 amide bonds. The van der Waals surface area contributed by atoms with E-state index in [-0.39, 0.29) is 30.7 Å². The van der Waals surface area contributed by atoms with Crippen molar-refractivity contribution in [3.05, 3.63) is 23.9 Å². The fourth-order valence-electron chi connectivity index (χ4n) is 1.52. The monoisotopic (exact) mass is 289 g/mol. The second-order valence-corrected chi connectivity index (χ2v) is 4.45. The minimum absolute atomic E-state index is 0.0584. The average molecular weight is 289 g/mol. The van der Waals surface area contributed by atoms with Gasteiger partial charge in [-0.3, -0.25) is 4.79 Å². The number of alkyl halides is 3. The predicted molar refractivity (Wildman–Crippen MR) is 70.2 cm³/mol. The molecule has 1 rings (SSSR count). The van der Waals surface area contributed by atoms with Crippen LogP contribution < -0.4 is 10.6 Å². The first-order valence-corrected chi connectivity index (χ1v) is 6.40. The van der Waals surface area contributed by atoms with Gasteiger partial charge in [-0.25, -0.2) is 4.98 Å². The van der Waals surface area contributed by atoms with E-state index in [1.54, 1.807) is 0 Å². The number of nitrogens with one attached hydrogen (secondary N) is 2. The molecule has 1 heterocycles. The number of hydrogen-bond donors (Lipinski definition) is 2. The Morgan fingerprint density at radius 3 is 2.75 bits per heavy atom. The number of anilines is 1. The minimum atomic E-state index is -4.46. The summed E-state index contributed by atoms with van der Waals surface area (Å²) in [5.41, 5.74) is -0.831. The molecule has 0 bridgehead atoms. The summed E-state index contributed by atoms with van der Waals surface area (Å²) in [6.07, 6.45) is -2.29. The standard InChI is InChI=1S/C13H18F3N3O/c1-3-9(2)19-11(20)6-8-18-12-10(13(14,15)16)5-4-7-17-12/h4-5,7,9H,3,6,8H2,1-2H3,(H,17,18)(H,19,20). The molecule has 1 unspecified atom stereocenters. The maximum absolute atomic E-state index is 12.7. The smallest absolute Gasteiger partial charge is 0.369 e. The van der Waals surface area contributed by atoms with E-state index in [4.69, 9.17) is 0 Å². The molecule has 4 nitrogen and oxygen atoms in total. The largest absolute Gasteiger partial charge is 0.419 e. The van der Waals surface area contributed by atoms with E-state index in [1.165, 1.54) is 12.3 Å². The Morgan fingerprint density at radius 2 is 2.15 bits per heavy atom. The Labute approximate surface area is 115 Å². The number of pyridine rings is 1. The van der Waals surface area contributed by atoms with Crippen LogP contribution in [0.3, 0.4) is 0 Å². The fourth-order valence-corrected chi connectivity index (χ4v) is 1.52. The number of halogens is 3. The highest BCUT2D eigenvalue weighted by atomic mass is 19.4. The normalized spacial score (nSPS) is 12.8. The van der Waals surface area contributed by atoms with E-state index in [0.29, 0.717) is 0 Å². The third kappa shape index (κ3) is 5.07. The van der Waals surface area contributed by atoms with Gasteiger partial charge >= 0.3 is 6.18 Å². The lowest BCUT2D eigenvalue weighted by molar-refractivity contribution is -0.137. The first-order chi connectivity index (χ1) is 9.34. The molecule has 1 aromatic heterocycles. The van der Waals surface area contributed by atoms with Crippen LogP contribution in [-0.2, 0) is 11.0 Å². The van der Waals surface area contributed by atoms with Gasteiger partial charge < -0.3 is 10.6 Å². The molecule has 0 spiro atoms. The van der Waals surface area contributed by atoms with Gasteiger partial charge in [0.15, 0.2) is 0 Å². The lowest BCUT2D eigenvalue weighted by Gasteiger charge is -2.14. The molecular formula is C13H18F3N3O. The molecule has 0 aromatic carbocycles. The molecule has 20 heavy (non-hydrogen) atoms. The number of amides is 1. The van der Waals surface area contributed by atoms with Gasteiger partial charge in [-0.05, 0) is 25.5 Å². The summed E-state index contributed by atoms with van der Waals surface area (Å²) in [6, 6.07) is 2.24. The first-order valence-electron chi connectivity index (χ1n) is 6.40. The Kier molecular flexibility index (Phi) is 5.79. The van der Waals surface area contributed by atoms with E-state index in [0.717, 1.165) is 12.5 Å². The molecular weight excluding hydrogens is 271 g/mol. The number of aromatic nitrogens is 1. The van der Waals surface area contributed by atoms with Crippen molar-refractivity contribution < 1.29 is 18.0 Å². The maximum atomic E-state index is 12.7. The van der Waals surface area contributed by atoms with E-state index in [9.17, 15) is 18.0 Å². The quantitative estimate of drug-likeness (QED) is 0.846. The maximum Gasteiger partial charge on any atom is 0.419 e. The Balaban J connectivity index is 2.53. The van der Waals surface area contributed by atoms with Gasteiger partial charge in [0.2, 0.25) is 5.91 Å². The summed E-state index contributed by atoms with van der Waals surface area (Å²) >= 11 is 0. The summed E-state index contributed by atoms with van der Waals surface area (Å²) in [7, 11) is 0. The highest BCUT2D eigenvalue weighted by Crippen LogP contribution is 2.33. The Hall–Kier alpha value is -1.79. The van der Waals surface area contributed by atoms with Crippen molar-refractivity contribution in [3.8, 4) is 0 Å². The lowest BCUT2D eigenvalue weighted by Crippen LogP contribution is -2.33. The highest BCUT2D eigenvalue weighted by molar-refractivity contribution is 5.76. The third-order valence-electron chi connectivity index (χ3n) is 2.78. The van der Waals surface area contributed by atoms with Gasteiger partial charge in [-0.15, -0.1) is 0 Å². The van der Waals surface area contributed by atoms with E-state index in [1.807, 2.05) is 13.8 Å². The van der Waals surface area contributed by atoms with Crippen LogP contribution in [0.15, 0.2) is 18.3 Å². The molecule has 2 N–H and O–H groups in total. The second kappa shape index (κ2) is 7.12.